The van der Waals surface area contributed by atoms with Gasteiger partial charge in [-0.3, -0.25) is 4.98 Å². The zero-order chi connectivity index (χ0) is 15.3. The molecule has 0 saturated carbocycles. The van der Waals surface area contributed by atoms with Crippen molar-refractivity contribution in [2.24, 2.45) is 0 Å². The van der Waals surface area contributed by atoms with Crippen LogP contribution in [-0.4, -0.2) is 28.5 Å². The second-order valence-electron chi connectivity index (χ2n) is 6.12. The summed E-state index contributed by atoms with van der Waals surface area (Å²) < 4.78 is 13.7. The molecule has 0 aliphatic carbocycles. The number of fused-ring (bicyclic) bond motifs is 3. The zero-order valence-corrected chi connectivity index (χ0v) is 12.8. The molecule has 1 aliphatic rings. The molecule has 1 aromatic carbocycles. The number of halogens is 1. The predicted octanol–water partition coefficient (Wildman–Crippen LogP) is 3.67. The molecule has 1 aliphatic heterocycles. The monoisotopic (exact) mass is 295 g/mol. The number of pyridine rings is 1. The van der Waals surface area contributed by atoms with Gasteiger partial charge < -0.3 is 9.88 Å². The third kappa shape index (κ3) is 2.11. The average molecular weight is 295 g/mol. The van der Waals surface area contributed by atoms with Crippen LogP contribution in [0, 0.1) is 12.7 Å². The molecule has 0 radical (unpaired) electrons. The summed E-state index contributed by atoms with van der Waals surface area (Å²) in [6.07, 6.45) is 2.81. The summed E-state index contributed by atoms with van der Waals surface area (Å²) in [5.74, 6) is -0.259. The second-order valence-corrected chi connectivity index (χ2v) is 6.12. The topological polar surface area (TPSA) is 31.9 Å². The third-order valence-corrected chi connectivity index (χ3v) is 4.52. The first-order valence-electron chi connectivity index (χ1n) is 7.56. The van der Waals surface area contributed by atoms with Crippen molar-refractivity contribution in [2.75, 3.05) is 13.6 Å². The summed E-state index contributed by atoms with van der Waals surface area (Å²) in [5, 5.41) is 1.28. The Morgan fingerprint density at radius 2 is 2.09 bits per heavy atom. The lowest BCUT2D eigenvalue weighted by molar-refractivity contribution is 0.310. The highest BCUT2D eigenvalue weighted by molar-refractivity contribution is 5.89. The molecule has 4 heteroatoms. The molecule has 0 spiro atoms. The summed E-state index contributed by atoms with van der Waals surface area (Å²) in [6.45, 7) is 3.73. The van der Waals surface area contributed by atoms with E-state index in [1.807, 2.05) is 0 Å². The van der Waals surface area contributed by atoms with E-state index in [-0.39, 0.29) is 5.82 Å². The van der Waals surface area contributed by atoms with Gasteiger partial charge in [0.15, 0.2) is 0 Å². The molecule has 3 nitrogen and oxygen atoms in total. The van der Waals surface area contributed by atoms with Crippen LogP contribution in [0.3, 0.4) is 0 Å². The normalized spacial score (nSPS) is 15.2. The molecule has 0 fully saturated rings. The minimum Gasteiger partial charge on any atom is -0.357 e. The van der Waals surface area contributed by atoms with E-state index < -0.39 is 0 Å². The summed E-state index contributed by atoms with van der Waals surface area (Å²) in [6, 6.07) is 7.85. The highest BCUT2D eigenvalue weighted by atomic mass is 19.1. The van der Waals surface area contributed by atoms with Crippen LogP contribution in [0.15, 0.2) is 30.5 Å². The lowest BCUT2D eigenvalue weighted by Crippen LogP contribution is -2.26. The summed E-state index contributed by atoms with van der Waals surface area (Å²) in [4.78, 5) is 9.96. The van der Waals surface area contributed by atoms with Gasteiger partial charge in [0.25, 0.3) is 0 Å². The smallest absolute Gasteiger partial charge is 0.145 e. The fourth-order valence-corrected chi connectivity index (χ4v) is 3.23. The number of H-pyrrole nitrogens is 1. The lowest BCUT2D eigenvalue weighted by atomic mass is 10.0. The summed E-state index contributed by atoms with van der Waals surface area (Å²) in [7, 11) is 2.14. The quantitative estimate of drug-likeness (QED) is 0.743. The molecule has 0 saturated heterocycles. The third-order valence-electron chi connectivity index (χ3n) is 4.52. The highest BCUT2D eigenvalue weighted by Crippen LogP contribution is 2.30. The van der Waals surface area contributed by atoms with Crippen LogP contribution in [0.2, 0.25) is 0 Å². The molecule has 0 unspecified atom stereocenters. The Balaban J connectivity index is 1.82. The van der Waals surface area contributed by atoms with Gasteiger partial charge in [-0.15, -0.1) is 0 Å². The second kappa shape index (κ2) is 4.92. The van der Waals surface area contributed by atoms with Gasteiger partial charge in [-0.2, -0.15) is 0 Å². The molecule has 0 amide bonds. The number of nitrogens with zero attached hydrogens (tertiary/aromatic N) is 2. The van der Waals surface area contributed by atoms with Crippen LogP contribution in [-0.2, 0) is 13.0 Å². The van der Waals surface area contributed by atoms with Gasteiger partial charge in [-0.05, 0) is 43.7 Å². The zero-order valence-electron chi connectivity index (χ0n) is 12.8. The number of hydrogen-bond acceptors (Lipinski definition) is 2. The van der Waals surface area contributed by atoms with E-state index in [0.29, 0.717) is 5.69 Å². The molecule has 2 aromatic heterocycles. The number of aryl methyl sites for hydroxylation is 1. The molecular formula is C18H18FN3. The molecule has 4 rings (SSSR count). The van der Waals surface area contributed by atoms with Crippen molar-refractivity contribution in [1.29, 1.82) is 0 Å². The van der Waals surface area contributed by atoms with Gasteiger partial charge in [0, 0.05) is 41.4 Å². The van der Waals surface area contributed by atoms with E-state index in [1.54, 1.807) is 19.2 Å². The highest BCUT2D eigenvalue weighted by Gasteiger charge is 2.18. The van der Waals surface area contributed by atoms with Gasteiger partial charge in [-0.25, -0.2) is 4.39 Å². The number of likely N-dealkylation sites (N-methyl/N-ethyl adjacent to an activating group) is 1. The average Bonchev–Trinajstić information content (AvgIpc) is 2.86. The van der Waals surface area contributed by atoms with Gasteiger partial charge in [0.05, 0.1) is 5.69 Å². The van der Waals surface area contributed by atoms with E-state index in [9.17, 15) is 4.39 Å². The molecule has 112 valence electrons. The standard InChI is InChI=1S/C18H18FN3/c1-11-16(19)7-13(9-20-11)12-3-4-14-15-5-6-22(2)10-18(15)21-17(14)8-12/h3-4,7-9,21H,5-6,10H2,1-2H3. The molecule has 3 aromatic rings. The van der Waals surface area contributed by atoms with Crippen molar-refractivity contribution in [3.05, 3.63) is 53.2 Å². The van der Waals surface area contributed by atoms with E-state index in [2.05, 4.69) is 40.1 Å². The fraction of sp³-hybridized carbons (Fsp3) is 0.278. The number of aromatic amines is 1. The molecular weight excluding hydrogens is 277 g/mol. The number of hydrogen-bond donors (Lipinski definition) is 1. The Labute approximate surface area is 128 Å². The van der Waals surface area contributed by atoms with Crippen LogP contribution >= 0.6 is 0 Å². The predicted molar refractivity (Wildman–Crippen MR) is 86.3 cm³/mol. The van der Waals surface area contributed by atoms with Crippen molar-refractivity contribution in [2.45, 2.75) is 19.9 Å². The minimum atomic E-state index is -0.259. The number of aromatic nitrogens is 2. The van der Waals surface area contributed by atoms with Gasteiger partial charge in [0.2, 0.25) is 0 Å². The summed E-state index contributed by atoms with van der Waals surface area (Å²) >= 11 is 0. The van der Waals surface area contributed by atoms with Gasteiger partial charge >= 0.3 is 0 Å². The SMILES string of the molecule is Cc1ncc(-c2ccc3c4c([nH]c3c2)CN(C)CC4)cc1F. The van der Waals surface area contributed by atoms with Crippen LogP contribution in [0.4, 0.5) is 4.39 Å². The number of nitrogens with one attached hydrogen (secondary N) is 1. The van der Waals surface area contributed by atoms with Gasteiger partial charge in [-0.1, -0.05) is 12.1 Å². The molecule has 0 atom stereocenters. The van der Waals surface area contributed by atoms with Crippen LogP contribution < -0.4 is 0 Å². The van der Waals surface area contributed by atoms with Gasteiger partial charge in [0.1, 0.15) is 5.82 Å². The Hall–Kier alpha value is -2.20. The van der Waals surface area contributed by atoms with Crippen molar-refractivity contribution < 1.29 is 4.39 Å². The van der Waals surface area contributed by atoms with Crippen LogP contribution in [0.1, 0.15) is 17.0 Å². The van der Waals surface area contributed by atoms with E-state index >= 15 is 0 Å². The summed E-state index contributed by atoms with van der Waals surface area (Å²) in [5.41, 5.74) is 6.09. The molecule has 3 heterocycles. The molecule has 0 bridgehead atoms. The maximum atomic E-state index is 13.7. The minimum absolute atomic E-state index is 0.259. The number of benzene rings is 1. The van der Waals surface area contributed by atoms with E-state index in [4.69, 9.17) is 0 Å². The molecule has 22 heavy (non-hydrogen) atoms. The van der Waals surface area contributed by atoms with E-state index in [1.165, 1.54) is 16.6 Å². The first-order valence-corrected chi connectivity index (χ1v) is 7.56. The first kappa shape index (κ1) is 13.5. The van der Waals surface area contributed by atoms with Crippen molar-refractivity contribution in [3.8, 4) is 11.1 Å². The Morgan fingerprint density at radius 3 is 2.91 bits per heavy atom. The van der Waals surface area contributed by atoms with Crippen LogP contribution in [0.25, 0.3) is 22.0 Å². The first-order chi connectivity index (χ1) is 10.6. The Bertz CT molecular complexity index is 866. The maximum Gasteiger partial charge on any atom is 0.145 e. The fourth-order valence-electron chi connectivity index (χ4n) is 3.23. The van der Waals surface area contributed by atoms with Crippen molar-refractivity contribution in [3.63, 3.8) is 0 Å². The lowest BCUT2D eigenvalue weighted by Gasteiger charge is -2.22. The number of rotatable bonds is 1. The van der Waals surface area contributed by atoms with Crippen molar-refractivity contribution >= 4 is 10.9 Å². The Kier molecular flexibility index (Phi) is 3.01. The Morgan fingerprint density at radius 1 is 1.23 bits per heavy atom. The maximum absolute atomic E-state index is 13.7. The van der Waals surface area contributed by atoms with Crippen LogP contribution in [0.5, 0.6) is 0 Å². The van der Waals surface area contributed by atoms with Crippen molar-refractivity contribution in [1.82, 2.24) is 14.9 Å². The largest absolute Gasteiger partial charge is 0.357 e. The van der Waals surface area contributed by atoms with E-state index in [0.717, 1.165) is 36.2 Å². The molecule has 1 N–H and O–H groups in total.